The van der Waals surface area contributed by atoms with Crippen molar-refractivity contribution in [3.8, 4) is 0 Å². The number of rotatable bonds is 13. The largest absolute Gasteiger partial charge is 0.397 e. The van der Waals surface area contributed by atoms with E-state index in [4.69, 9.17) is 4.18 Å². The van der Waals surface area contributed by atoms with Gasteiger partial charge in [0.05, 0.1) is 12.9 Å². The van der Waals surface area contributed by atoms with Crippen LogP contribution in [0.25, 0.3) is 0 Å². The van der Waals surface area contributed by atoms with E-state index >= 15 is 0 Å². The minimum Gasteiger partial charge on any atom is -0.348 e. The molecule has 4 atom stereocenters. The molecule has 1 saturated carbocycles. The topological polar surface area (TPSA) is 130 Å². The van der Waals surface area contributed by atoms with Crippen LogP contribution in [0.3, 0.4) is 0 Å². The van der Waals surface area contributed by atoms with E-state index in [9.17, 15) is 22.6 Å². The average Bonchev–Trinajstić information content (AvgIpc) is 3.48. The lowest BCUT2D eigenvalue weighted by Gasteiger charge is -2.51. The zero-order valence-corrected chi connectivity index (χ0v) is 25.1. The highest BCUT2D eigenvalue weighted by Gasteiger charge is 2.45. The summed E-state index contributed by atoms with van der Waals surface area (Å²) < 4.78 is 36.8. The number of carbonyl (C=O) groups is 2. The van der Waals surface area contributed by atoms with Crippen LogP contribution in [0.4, 0.5) is 0 Å². The second kappa shape index (κ2) is 12.3. The summed E-state index contributed by atoms with van der Waals surface area (Å²) in [4.78, 5) is 33.5. The molecule has 40 heavy (non-hydrogen) atoms. The van der Waals surface area contributed by atoms with Gasteiger partial charge in [0.2, 0.25) is 0 Å². The predicted octanol–water partition coefficient (Wildman–Crippen LogP) is 5.43. The number of H-pyrrole nitrogens is 1. The van der Waals surface area contributed by atoms with Crippen molar-refractivity contribution in [2.24, 2.45) is 28.6 Å². The summed E-state index contributed by atoms with van der Waals surface area (Å²) in [5.41, 5.74) is 3.27. The molecule has 3 aliphatic rings. The molecule has 0 aromatic carbocycles. The predicted molar refractivity (Wildman–Crippen MR) is 152 cm³/mol. The fourth-order valence-electron chi connectivity index (χ4n) is 7.00. The number of aromatic amines is 1. The molecule has 9 nitrogen and oxygen atoms in total. The number of allylic oxidation sites excluding steroid dienone is 2. The number of aromatic nitrogens is 2. The van der Waals surface area contributed by atoms with Gasteiger partial charge in [0.1, 0.15) is 0 Å². The number of carbonyl (C=O) groups excluding carboxylic acids is 2. The fourth-order valence-corrected chi connectivity index (χ4v) is 7.36. The summed E-state index contributed by atoms with van der Waals surface area (Å²) in [6.07, 6.45) is 15.7. The second-order valence-corrected chi connectivity index (χ2v) is 14.2. The molecular formula is C30H45N3O6S. The highest BCUT2D eigenvalue weighted by molar-refractivity contribution is 7.80. The van der Waals surface area contributed by atoms with Gasteiger partial charge >= 0.3 is 10.4 Å². The lowest BCUT2D eigenvalue weighted by molar-refractivity contribution is -0.137. The van der Waals surface area contributed by atoms with Gasteiger partial charge in [0, 0.05) is 36.5 Å². The number of fused-ring (bicyclic) bond motifs is 1. The molecule has 2 heterocycles. The van der Waals surface area contributed by atoms with E-state index in [-0.39, 0.29) is 36.3 Å². The lowest BCUT2D eigenvalue weighted by atomic mass is 9.54. The van der Waals surface area contributed by atoms with Gasteiger partial charge in [-0.1, -0.05) is 39.3 Å². The van der Waals surface area contributed by atoms with Crippen LogP contribution in [0.2, 0.25) is 0 Å². The van der Waals surface area contributed by atoms with Gasteiger partial charge in [-0.25, -0.2) is 9.17 Å². The van der Waals surface area contributed by atoms with Gasteiger partial charge in [-0.2, -0.15) is 8.42 Å². The van der Waals surface area contributed by atoms with Gasteiger partial charge < -0.3 is 4.98 Å². The number of imidazole rings is 1. The van der Waals surface area contributed by atoms with Crippen molar-refractivity contribution in [3.63, 3.8) is 0 Å². The molecule has 0 bridgehead atoms. The van der Waals surface area contributed by atoms with Crippen LogP contribution < -0.4 is 0 Å². The van der Waals surface area contributed by atoms with Crippen molar-refractivity contribution in [2.45, 2.75) is 91.9 Å². The quantitative estimate of drug-likeness (QED) is 0.182. The van der Waals surface area contributed by atoms with Crippen molar-refractivity contribution in [1.82, 2.24) is 14.9 Å². The zero-order chi connectivity index (χ0) is 29.1. The van der Waals surface area contributed by atoms with Crippen molar-refractivity contribution >= 4 is 22.2 Å². The summed E-state index contributed by atoms with van der Waals surface area (Å²) in [5.74, 6) is 0.461. The Hall–Kier alpha value is -2.30. The van der Waals surface area contributed by atoms with Crippen molar-refractivity contribution < 1.29 is 26.7 Å². The Morgan fingerprint density at radius 2 is 1.98 bits per heavy atom. The summed E-state index contributed by atoms with van der Waals surface area (Å²) in [6.45, 7) is 9.56. The van der Waals surface area contributed by atoms with Crippen molar-refractivity contribution in [1.29, 1.82) is 0 Å². The maximum atomic E-state index is 12.9. The standard InChI is InChI=1S/C30H45N3O6S/c1-21-8-9-24-17-29(2,3)13-11-26(24)30(21,4)14-10-22(19-39-40(36,37)38)6-5-7-23-16-27(34)33(28(23)35)15-12-25-18-31-20-32-25/h11,16,18,20-22,24H,5-10,12-15,17,19H2,1-4H3,(H,31,32)(H,36,37,38)/t21-,22?,24+,30-/m0/s1. The first-order valence-electron chi connectivity index (χ1n) is 14.6. The number of hydrogen-bond acceptors (Lipinski definition) is 6. The highest BCUT2D eigenvalue weighted by atomic mass is 32.3. The van der Waals surface area contributed by atoms with E-state index < -0.39 is 10.4 Å². The molecule has 222 valence electrons. The van der Waals surface area contributed by atoms with Crippen LogP contribution >= 0.6 is 0 Å². The number of imide groups is 1. The molecule has 0 radical (unpaired) electrons. The van der Waals surface area contributed by atoms with Crippen LogP contribution in [0.5, 0.6) is 0 Å². The van der Waals surface area contributed by atoms with Gasteiger partial charge in [-0.05, 0) is 86.4 Å². The van der Waals surface area contributed by atoms with E-state index in [0.29, 0.717) is 48.5 Å². The van der Waals surface area contributed by atoms with E-state index in [1.165, 1.54) is 30.2 Å². The molecular weight excluding hydrogens is 530 g/mol. The zero-order valence-electron chi connectivity index (χ0n) is 24.3. The Morgan fingerprint density at radius 3 is 2.67 bits per heavy atom. The van der Waals surface area contributed by atoms with Gasteiger partial charge in [-0.3, -0.25) is 19.0 Å². The van der Waals surface area contributed by atoms with Crippen LogP contribution in [0, 0.1) is 28.6 Å². The molecule has 2 aliphatic carbocycles. The van der Waals surface area contributed by atoms with Gasteiger partial charge in [-0.15, -0.1) is 0 Å². The first kappa shape index (κ1) is 30.7. The van der Waals surface area contributed by atoms with E-state index in [2.05, 4.69) is 43.7 Å². The normalized spacial score (nSPS) is 27.4. The first-order valence-corrected chi connectivity index (χ1v) is 16.0. The Bertz CT molecular complexity index is 1240. The minimum atomic E-state index is -4.54. The monoisotopic (exact) mass is 575 g/mol. The van der Waals surface area contributed by atoms with Crippen LogP contribution in [0.1, 0.15) is 91.2 Å². The number of nitrogens with one attached hydrogen (secondary N) is 1. The van der Waals surface area contributed by atoms with Crippen LogP contribution in [-0.2, 0) is 30.6 Å². The van der Waals surface area contributed by atoms with Crippen molar-refractivity contribution in [3.05, 3.63) is 41.5 Å². The summed E-state index contributed by atoms with van der Waals surface area (Å²) in [5, 5.41) is 0. The smallest absolute Gasteiger partial charge is 0.348 e. The molecule has 10 heteroatoms. The molecule has 1 aromatic heterocycles. The summed E-state index contributed by atoms with van der Waals surface area (Å²) in [6, 6.07) is 0. The summed E-state index contributed by atoms with van der Waals surface area (Å²) in [7, 11) is -4.54. The first-order chi connectivity index (χ1) is 18.8. The lowest BCUT2D eigenvalue weighted by Crippen LogP contribution is -2.40. The van der Waals surface area contributed by atoms with Gasteiger partial charge in [0.15, 0.2) is 0 Å². The highest BCUT2D eigenvalue weighted by Crippen LogP contribution is 2.56. The Kier molecular flexibility index (Phi) is 9.42. The third-order valence-electron chi connectivity index (χ3n) is 9.63. The SMILES string of the molecule is C[C@H]1CC[C@@H]2CC(C)(C)CC=C2[C@@]1(C)CCC(CCCC1=CC(=O)N(CCc2cnc[nH]2)C1=O)COS(=O)(=O)O. The Balaban J connectivity index is 1.35. The fraction of sp³-hybridized carbons (Fsp3) is 0.700. The number of amides is 2. The Labute approximate surface area is 238 Å². The van der Waals surface area contributed by atoms with Crippen LogP contribution in [0.15, 0.2) is 35.8 Å². The van der Waals surface area contributed by atoms with Crippen LogP contribution in [-0.4, -0.2) is 52.8 Å². The molecule has 1 fully saturated rings. The molecule has 1 unspecified atom stereocenters. The molecule has 1 aromatic rings. The molecule has 0 spiro atoms. The third kappa shape index (κ3) is 7.50. The van der Waals surface area contributed by atoms with E-state index in [0.717, 1.165) is 25.0 Å². The molecule has 4 rings (SSSR count). The Morgan fingerprint density at radius 1 is 1.20 bits per heavy atom. The second-order valence-electron chi connectivity index (χ2n) is 13.1. The van der Waals surface area contributed by atoms with Crippen molar-refractivity contribution in [2.75, 3.05) is 13.2 Å². The molecule has 2 amide bonds. The van der Waals surface area contributed by atoms with Gasteiger partial charge in [0.25, 0.3) is 11.8 Å². The average molecular weight is 576 g/mol. The van der Waals surface area contributed by atoms with E-state index in [1.54, 1.807) is 18.1 Å². The maximum absolute atomic E-state index is 12.9. The minimum absolute atomic E-state index is 0.0429. The maximum Gasteiger partial charge on any atom is 0.397 e. The number of hydrogen-bond donors (Lipinski definition) is 2. The molecule has 2 N–H and O–H groups in total. The van der Waals surface area contributed by atoms with E-state index in [1.807, 2.05) is 0 Å². The molecule has 1 aliphatic heterocycles. The summed E-state index contributed by atoms with van der Waals surface area (Å²) >= 11 is 0. The molecule has 0 saturated heterocycles. The number of nitrogens with zero attached hydrogens (tertiary/aromatic N) is 2. The third-order valence-corrected chi connectivity index (χ3v) is 10.1.